The maximum absolute atomic E-state index is 14.9. The lowest BCUT2D eigenvalue weighted by atomic mass is 9.95. The molecule has 0 radical (unpaired) electrons. The number of hydrogen-bond acceptors (Lipinski definition) is 2. The van der Waals surface area contributed by atoms with Crippen LogP contribution in [0.4, 0.5) is 43.9 Å². The van der Waals surface area contributed by atoms with Crippen LogP contribution >= 0.6 is 31.9 Å². The highest BCUT2D eigenvalue weighted by Gasteiger charge is 2.41. The van der Waals surface area contributed by atoms with Gasteiger partial charge in [0.1, 0.15) is 18.3 Å². The maximum atomic E-state index is 14.9. The quantitative estimate of drug-likeness (QED) is 0.302. The molecule has 1 atom stereocenters. The van der Waals surface area contributed by atoms with E-state index in [4.69, 9.17) is 0 Å². The fourth-order valence-corrected chi connectivity index (χ4v) is 4.57. The summed E-state index contributed by atoms with van der Waals surface area (Å²) in [6, 6.07) is 4.73. The molecule has 0 fully saturated rings. The van der Waals surface area contributed by atoms with Crippen molar-refractivity contribution in [3.05, 3.63) is 73.7 Å². The lowest BCUT2D eigenvalue weighted by molar-refractivity contribution is -0.157. The molecule has 1 N–H and O–H groups in total. The second-order valence-electron chi connectivity index (χ2n) is 8.04. The molecule has 39 heavy (non-hydrogen) atoms. The van der Waals surface area contributed by atoms with Crippen molar-refractivity contribution >= 4 is 49.5 Å². The van der Waals surface area contributed by atoms with Gasteiger partial charge in [-0.15, -0.1) is 0 Å². The van der Waals surface area contributed by atoms with Gasteiger partial charge in [-0.1, -0.05) is 37.9 Å². The van der Waals surface area contributed by atoms with Gasteiger partial charge in [0, 0.05) is 21.6 Å². The number of benzene rings is 2. The van der Waals surface area contributed by atoms with Crippen LogP contribution < -0.4 is 5.32 Å². The molecule has 0 aliphatic heterocycles. The topological polar surface area (TPSA) is 49.4 Å². The number of carbonyl (C=O) groups is 2. The van der Waals surface area contributed by atoms with Crippen LogP contribution in [0.3, 0.4) is 0 Å². The van der Waals surface area contributed by atoms with Crippen LogP contribution in [0.25, 0.3) is 5.83 Å². The predicted molar refractivity (Wildman–Crippen MR) is 127 cm³/mol. The van der Waals surface area contributed by atoms with Gasteiger partial charge in [0.25, 0.3) is 5.91 Å². The molecule has 0 aliphatic carbocycles. The number of amides is 2. The minimum absolute atomic E-state index is 0.0819. The first-order valence-corrected chi connectivity index (χ1v) is 12.0. The zero-order valence-electron chi connectivity index (χ0n) is 19.3. The largest absolute Gasteiger partial charge is 0.417 e. The van der Waals surface area contributed by atoms with Gasteiger partial charge in [-0.3, -0.25) is 9.59 Å². The minimum atomic E-state index is -5.29. The number of allylic oxidation sites excluding steroid dienone is 1. The predicted octanol–water partition coefficient (Wildman–Crippen LogP) is 7.64. The van der Waals surface area contributed by atoms with Crippen molar-refractivity contribution < 1.29 is 53.5 Å². The standard InChI is InChI=1S/C23H16Br2F10N2O2/c1-37(10-21(27,28)29)19(38)9-36-20(39)15-3-2-11(6-17(15)23(33,34)35)18(26)8-16(22(30,31)32)12-4-13(24)7-14(25)5-12/h2-8,16H,9-10H2,1H3,(H,36,39)/b18-8-. The molecule has 0 spiro atoms. The van der Waals surface area contributed by atoms with E-state index in [1.807, 2.05) is 0 Å². The molecule has 0 aromatic heterocycles. The van der Waals surface area contributed by atoms with Crippen molar-refractivity contribution in [2.75, 3.05) is 20.1 Å². The van der Waals surface area contributed by atoms with Crippen molar-refractivity contribution in [1.82, 2.24) is 10.2 Å². The van der Waals surface area contributed by atoms with Gasteiger partial charge in [0.05, 0.1) is 17.7 Å². The summed E-state index contributed by atoms with van der Waals surface area (Å²) >= 11 is 6.01. The van der Waals surface area contributed by atoms with Crippen molar-refractivity contribution in [3.8, 4) is 0 Å². The highest BCUT2D eigenvalue weighted by atomic mass is 79.9. The van der Waals surface area contributed by atoms with E-state index < -0.39 is 77.4 Å². The summed E-state index contributed by atoms with van der Waals surface area (Å²) in [6.45, 7) is -2.76. The Morgan fingerprint density at radius 1 is 0.949 bits per heavy atom. The molecular weight excluding hydrogens is 686 g/mol. The minimum Gasteiger partial charge on any atom is -0.343 e. The normalized spacial score (nSPS) is 13.7. The number of nitrogens with one attached hydrogen (secondary N) is 1. The third-order valence-electron chi connectivity index (χ3n) is 5.00. The summed E-state index contributed by atoms with van der Waals surface area (Å²) in [5, 5.41) is 1.75. The fraction of sp³-hybridized carbons (Fsp3) is 0.304. The number of hydrogen-bond donors (Lipinski definition) is 1. The molecule has 0 heterocycles. The van der Waals surface area contributed by atoms with Crippen LogP contribution in [0.15, 0.2) is 51.4 Å². The van der Waals surface area contributed by atoms with Gasteiger partial charge in [-0.2, -0.15) is 39.5 Å². The van der Waals surface area contributed by atoms with Crippen LogP contribution in [0.2, 0.25) is 0 Å². The maximum Gasteiger partial charge on any atom is 0.417 e. The lowest BCUT2D eigenvalue weighted by Gasteiger charge is -2.20. The molecule has 2 aromatic rings. The van der Waals surface area contributed by atoms with E-state index in [9.17, 15) is 53.5 Å². The Morgan fingerprint density at radius 2 is 1.51 bits per heavy atom. The molecule has 4 nitrogen and oxygen atoms in total. The Balaban J connectivity index is 2.40. The van der Waals surface area contributed by atoms with E-state index in [1.165, 1.54) is 6.07 Å². The van der Waals surface area contributed by atoms with Crippen molar-refractivity contribution in [2.24, 2.45) is 0 Å². The summed E-state index contributed by atoms with van der Waals surface area (Å²) in [4.78, 5) is 24.2. The van der Waals surface area contributed by atoms with E-state index in [0.29, 0.717) is 12.1 Å². The molecule has 0 aliphatic rings. The number of rotatable bonds is 7. The number of halogens is 12. The number of alkyl halides is 9. The molecule has 0 bridgehead atoms. The molecule has 16 heteroatoms. The van der Waals surface area contributed by atoms with Crippen LogP contribution in [0.5, 0.6) is 0 Å². The van der Waals surface area contributed by atoms with Crippen molar-refractivity contribution in [2.45, 2.75) is 24.4 Å². The first-order chi connectivity index (χ1) is 17.7. The van der Waals surface area contributed by atoms with Crippen molar-refractivity contribution in [1.29, 1.82) is 0 Å². The van der Waals surface area contributed by atoms with Gasteiger partial charge in [-0.05, 0) is 42.0 Å². The van der Waals surface area contributed by atoms with E-state index in [0.717, 1.165) is 19.2 Å². The smallest absolute Gasteiger partial charge is 0.343 e. The average molecular weight is 702 g/mol. The second-order valence-corrected chi connectivity index (χ2v) is 9.87. The zero-order chi connectivity index (χ0) is 29.9. The number of nitrogens with zero attached hydrogens (tertiary/aromatic N) is 1. The Morgan fingerprint density at radius 3 is 2.00 bits per heavy atom. The SMILES string of the molecule is CN(CC(F)(F)F)C(=O)CNC(=O)c1ccc(/C(F)=C/C(c2cc(Br)cc(Br)c2)C(F)(F)F)cc1C(F)(F)F. The summed E-state index contributed by atoms with van der Waals surface area (Å²) in [5.41, 5.74) is -4.23. The van der Waals surface area contributed by atoms with Gasteiger partial charge in [-0.25, -0.2) is 4.39 Å². The highest BCUT2D eigenvalue weighted by Crippen LogP contribution is 2.41. The van der Waals surface area contributed by atoms with E-state index in [-0.39, 0.29) is 26.0 Å². The molecule has 214 valence electrons. The van der Waals surface area contributed by atoms with Gasteiger partial charge in [0.2, 0.25) is 5.91 Å². The molecule has 2 rings (SSSR count). The van der Waals surface area contributed by atoms with Gasteiger partial charge < -0.3 is 10.2 Å². The van der Waals surface area contributed by atoms with Crippen LogP contribution in [-0.4, -0.2) is 49.2 Å². The number of likely N-dealkylation sites (N-methyl/N-ethyl adjacent to an activating group) is 1. The Labute approximate surface area is 231 Å². The fourth-order valence-electron chi connectivity index (χ4n) is 3.25. The van der Waals surface area contributed by atoms with Crippen LogP contribution in [0.1, 0.15) is 33.0 Å². The molecule has 0 saturated heterocycles. The lowest BCUT2D eigenvalue weighted by Crippen LogP contribution is -2.42. The molecule has 1 unspecified atom stereocenters. The Bertz CT molecular complexity index is 1240. The first kappa shape index (κ1) is 32.6. The summed E-state index contributed by atoms with van der Waals surface area (Å²) < 4.78 is 135. The second kappa shape index (κ2) is 12.3. The molecule has 2 amide bonds. The zero-order valence-corrected chi connectivity index (χ0v) is 22.5. The molecular formula is C23H16Br2F10N2O2. The Kier molecular flexibility index (Phi) is 10.3. The van der Waals surface area contributed by atoms with E-state index in [2.05, 4.69) is 31.9 Å². The van der Waals surface area contributed by atoms with Gasteiger partial charge in [0.15, 0.2) is 0 Å². The third-order valence-corrected chi connectivity index (χ3v) is 5.91. The Hall–Kier alpha value is -2.62. The molecule has 2 aromatic carbocycles. The van der Waals surface area contributed by atoms with Gasteiger partial charge >= 0.3 is 18.5 Å². The van der Waals surface area contributed by atoms with E-state index in [1.54, 1.807) is 5.32 Å². The monoisotopic (exact) mass is 700 g/mol. The summed E-state index contributed by atoms with van der Waals surface area (Å²) in [5.74, 6) is -7.02. The third kappa shape index (κ3) is 9.51. The average Bonchev–Trinajstić information content (AvgIpc) is 2.77. The number of carbonyl (C=O) groups excluding carboxylic acids is 2. The molecule has 0 saturated carbocycles. The first-order valence-electron chi connectivity index (χ1n) is 10.4. The van der Waals surface area contributed by atoms with Crippen LogP contribution in [-0.2, 0) is 11.0 Å². The summed E-state index contributed by atoms with van der Waals surface area (Å²) in [6.07, 6.45) is -15.0. The summed E-state index contributed by atoms with van der Waals surface area (Å²) in [7, 11) is 0.758. The van der Waals surface area contributed by atoms with Crippen molar-refractivity contribution in [3.63, 3.8) is 0 Å². The highest BCUT2D eigenvalue weighted by molar-refractivity contribution is 9.11. The van der Waals surface area contributed by atoms with Crippen LogP contribution in [0, 0.1) is 0 Å². The van der Waals surface area contributed by atoms with E-state index >= 15 is 0 Å².